The van der Waals surface area contributed by atoms with Crippen LogP contribution in [0.5, 0.6) is 5.75 Å². The molecular formula is C10H11FO2. The van der Waals surface area contributed by atoms with E-state index in [1.165, 1.54) is 18.2 Å². The fourth-order valence-corrected chi connectivity index (χ4v) is 0.858. The Labute approximate surface area is 76.3 Å². The highest BCUT2D eigenvalue weighted by Crippen LogP contribution is 2.17. The Kier molecular flexibility index (Phi) is 2.66. The van der Waals surface area contributed by atoms with Gasteiger partial charge in [0.15, 0.2) is 11.9 Å². The van der Waals surface area contributed by atoms with Gasteiger partial charge in [0.2, 0.25) is 0 Å². The molecule has 0 N–H and O–H groups in total. The van der Waals surface area contributed by atoms with E-state index in [0.29, 0.717) is 12.0 Å². The first-order chi connectivity index (χ1) is 6.03. The zero-order valence-electron chi connectivity index (χ0n) is 7.58. The summed E-state index contributed by atoms with van der Waals surface area (Å²) in [7, 11) is 0. The molecule has 0 aliphatic rings. The predicted molar refractivity (Wildman–Crippen MR) is 47.2 cm³/mol. The van der Waals surface area contributed by atoms with Crippen molar-refractivity contribution in [1.82, 2.24) is 0 Å². The Morgan fingerprint density at radius 3 is 2.69 bits per heavy atom. The second kappa shape index (κ2) is 3.56. The SMILES string of the molecule is CC(C)(C=O)Oc1cccc(F)c1. The van der Waals surface area contributed by atoms with Crippen molar-refractivity contribution >= 4 is 6.29 Å². The maximum Gasteiger partial charge on any atom is 0.162 e. The standard InChI is InChI=1S/C10H11FO2/c1-10(2,7-12)13-9-5-3-4-8(11)6-9/h3-7H,1-2H3. The first-order valence-corrected chi connectivity index (χ1v) is 3.94. The number of ether oxygens (including phenoxy) is 1. The molecule has 1 aromatic carbocycles. The van der Waals surface area contributed by atoms with E-state index in [9.17, 15) is 9.18 Å². The Morgan fingerprint density at radius 2 is 2.15 bits per heavy atom. The summed E-state index contributed by atoms with van der Waals surface area (Å²) in [6, 6.07) is 5.70. The Morgan fingerprint density at radius 1 is 1.46 bits per heavy atom. The lowest BCUT2D eigenvalue weighted by Gasteiger charge is -2.19. The first-order valence-electron chi connectivity index (χ1n) is 3.94. The van der Waals surface area contributed by atoms with Gasteiger partial charge in [0, 0.05) is 6.07 Å². The lowest BCUT2D eigenvalue weighted by atomic mass is 10.2. The van der Waals surface area contributed by atoms with Crippen LogP contribution in [0, 0.1) is 5.82 Å². The number of hydrogen-bond donors (Lipinski definition) is 0. The average molecular weight is 182 g/mol. The molecule has 0 unspecified atom stereocenters. The van der Waals surface area contributed by atoms with Crippen molar-refractivity contribution in [2.24, 2.45) is 0 Å². The average Bonchev–Trinajstić information content (AvgIpc) is 2.03. The number of hydrogen-bond acceptors (Lipinski definition) is 2. The van der Waals surface area contributed by atoms with E-state index in [1.807, 2.05) is 0 Å². The van der Waals surface area contributed by atoms with Gasteiger partial charge in [-0.1, -0.05) is 6.07 Å². The minimum Gasteiger partial charge on any atom is -0.480 e. The van der Waals surface area contributed by atoms with Gasteiger partial charge in [-0.15, -0.1) is 0 Å². The summed E-state index contributed by atoms with van der Waals surface area (Å²) in [5.74, 6) is -0.0173. The van der Waals surface area contributed by atoms with Crippen molar-refractivity contribution in [2.45, 2.75) is 19.4 Å². The molecule has 0 bridgehead atoms. The van der Waals surface area contributed by atoms with E-state index in [-0.39, 0.29) is 5.82 Å². The predicted octanol–water partition coefficient (Wildman–Crippen LogP) is 2.18. The highest BCUT2D eigenvalue weighted by atomic mass is 19.1. The molecule has 13 heavy (non-hydrogen) atoms. The Bertz CT molecular complexity index is 308. The summed E-state index contributed by atoms with van der Waals surface area (Å²) < 4.78 is 17.9. The van der Waals surface area contributed by atoms with Crippen molar-refractivity contribution in [3.63, 3.8) is 0 Å². The van der Waals surface area contributed by atoms with Gasteiger partial charge in [0.05, 0.1) is 0 Å². The van der Waals surface area contributed by atoms with E-state index in [2.05, 4.69) is 0 Å². The van der Waals surface area contributed by atoms with Crippen molar-refractivity contribution < 1.29 is 13.9 Å². The summed E-state index contributed by atoms with van der Waals surface area (Å²) in [5.41, 5.74) is -0.909. The number of halogens is 1. The van der Waals surface area contributed by atoms with Crippen molar-refractivity contribution in [2.75, 3.05) is 0 Å². The molecular weight excluding hydrogens is 171 g/mol. The van der Waals surface area contributed by atoms with Gasteiger partial charge in [0.25, 0.3) is 0 Å². The van der Waals surface area contributed by atoms with Crippen LogP contribution in [-0.2, 0) is 4.79 Å². The summed E-state index contributed by atoms with van der Waals surface area (Å²) >= 11 is 0. The largest absolute Gasteiger partial charge is 0.480 e. The molecule has 0 radical (unpaired) electrons. The summed E-state index contributed by atoms with van der Waals surface area (Å²) in [5, 5.41) is 0. The first kappa shape index (κ1) is 9.71. The van der Waals surface area contributed by atoms with Crippen LogP contribution in [0.2, 0.25) is 0 Å². The van der Waals surface area contributed by atoms with Gasteiger partial charge in [-0.3, -0.25) is 4.79 Å². The van der Waals surface area contributed by atoms with E-state index in [1.54, 1.807) is 19.9 Å². The molecule has 0 spiro atoms. The molecule has 0 fully saturated rings. The highest BCUT2D eigenvalue weighted by molar-refractivity contribution is 5.61. The lowest BCUT2D eigenvalue weighted by Crippen LogP contribution is -2.29. The van der Waals surface area contributed by atoms with E-state index in [0.717, 1.165) is 0 Å². The normalized spacial score (nSPS) is 11.0. The smallest absolute Gasteiger partial charge is 0.162 e. The molecule has 0 aromatic heterocycles. The van der Waals surface area contributed by atoms with Crippen LogP contribution in [0.4, 0.5) is 4.39 Å². The monoisotopic (exact) mass is 182 g/mol. The van der Waals surface area contributed by atoms with Crippen LogP contribution in [-0.4, -0.2) is 11.9 Å². The number of benzene rings is 1. The number of carbonyl (C=O) groups is 1. The maximum absolute atomic E-state index is 12.7. The van der Waals surface area contributed by atoms with E-state index >= 15 is 0 Å². The topological polar surface area (TPSA) is 26.3 Å². The fraction of sp³-hybridized carbons (Fsp3) is 0.300. The molecule has 0 heterocycles. The minimum atomic E-state index is -0.909. The zero-order valence-corrected chi connectivity index (χ0v) is 7.58. The molecule has 0 saturated carbocycles. The Hall–Kier alpha value is -1.38. The van der Waals surface area contributed by atoms with Gasteiger partial charge in [-0.2, -0.15) is 0 Å². The number of rotatable bonds is 3. The Balaban J connectivity index is 2.80. The van der Waals surface area contributed by atoms with Crippen LogP contribution in [0.3, 0.4) is 0 Å². The number of aldehydes is 1. The third-order valence-electron chi connectivity index (χ3n) is 1.46. The lowest BCUT2D eigenvalue weighted by molar-refractivity contribution is -0.119. The fourth-order valence-electron chi connectivity index (χ4n) is 0.858. The minimum absolute atomic E-state index is 0.358. The zero-order chi connectivity index (χ0) is 9.90. The van der Waals surface area contributed by atoms with Gasteiger partial charge in [-0.05, 0) is 26.0 Å². The molecule has 0 atom stereocenters. The van der Waals surface area contributed by atoms with Crippen molar-refractivity contribution in [1.29, 1.82) is 0 Å². The molecule has 1 aromatic rings. The van der Waals surface area contributed by atoms with Crippen molar-refractivity contribution in [3.8, 4) is 5.75 Å². The second-order valence-electron chi connectivity index (χ2n) is 3.28. The third-order valence-corrected chi connectivity index (χ3v) is 1.46. The second-order valence-corrected chi connectivity index (χ2v) is 3.28. The molecule has 70 valence electrons. The van der Waals surface area contributed by atoms with E-state index < -0.39 is 5.60 Å². The molecule has 0 aliphatic heterocycles. The quantitative estimate of drug-likeness (QED) is 0.670. The van der Waals surface area contributed by atoms with Crippen LogP contribution in [0.15, 0.2) is 24.3 Å². The summed E-state index contributed by atoms with van der Waals surface area (Å²) in [6.45, 7) is 3.23. The molecule has 1 rings (SSSR count). The van der Waals surface area contributed by atoms with Gasteiger partial charge >= 0.3 is 0 Å². The maximum atomic E-state index is 12.7. The summed E-state index contributed by atoms with van der Waals surface area (Å²) in [6.07, 6.45) is 0.678. The van der Waals surface area contributed by atoms with Crippen LogP contribution < -0.4 is 4.74 Å². The van der Waals surface area contributed by atoms with Crippen molar-refractivity contribution in [3.05, 3.63) is 30.1 Å². The van der Waals surface area contributed by atoms with Gasteiger partial charge in [-0.25, -0.2) is 4.39 Å². The molecule has 0 amide bonds. The molecule has 2 nitrogen and oxygen atoms in total. The highest BCUT2D eigenvalue weighted by Gasteiger charge is 2.18. The molecule has 0 saturated heterocycles. The van der Waals surface area contributed by atoms with E-state index in [4.69, 9.17) is 4.74 Å². The summed E-state index contributed by atoms with van der Waals surface area (Å²) in [4.78, 5) is 10.5. The van der Waals surface area contributed by atoms with Gasteiger partial charge in [0.1, 0.15) is 11.6 Å². The number of carbonyl (C=O) groups excluding carboxylic acids is 1. The van der Waals surface area contributed by atoms with Gasteiger partial charge < -0.3 is 4.74 Å². The molecule has 0 aliphatic carbocycles. The molecule has 3 heteroatoms. The van der Waals surface area contributed by atoms with Crippen LogP contribution in [0.1, 0.15) is 13.8 Å². The third kappa shape index (κ3) is 2.86. The van der Waals surface area contributed by atoms with Crippen LogP contribution in [0.25, 0.3) is 0 Å². The van der Waals surface area contributed by atoms with Crippen LogP contribution >= 0.6 is 0 Å².